The van der Waals surface area contributed by atoms with E-state index in [1.54, 1.807) is 0 Å². The second kappa shape index (κ2) is 8.74. The van der Waals surface area contributed by atoms with Gasteiger partial charge in [0.2, 0.25) is 0 Å². The van der Waals surface area contributed by atoms with Crippen LogP contribution in [0.1, 0.15) is 13.8 Å². The zero-order chi connectivity index (χ0) is 20.5. The zero-order valence-corrected chi connectivity index (χ0v) is 22.1. The number of nitrogens with zero attached hydrogens (tertiary/aromatic N) is 3. The standard InChI is InChI=1S/C20H38N3PSSi2/c1-9-21(10-2)24(25,22(26(3,4)5)19-15-11-12-16-19)23(27(6,7)8)20-17-13-14-18-20/h11-20H,9-10H2,1-8H3. The number of hydrogen-bond donors (Lipinski definition) is 0. The van der Waals surface area contributed by atoms with E-state index in [9.17, 15) is 0 Å². The highest BCUT2D eigenvalue weighted by atomic mass is 32.4. The van der Waals surface area contributed by atoms with Crippen molar-refractivity contribution in [2.45, 2.75) is 65.2 Å². The predicted octanol–water partition coefficient (Wildman–Crippen LogP) is 5.82. The average molecular weight is 440 g/mol. The van der Waals surface area contributed by atoms with E-state index in [2.05, 4.69) is 115 Å². The Balaban J connectivity index is 2.74. The van der Waals surface area contributed by atoms with E-state index in [1.165, 1.54) is 0 Å². The molecule has 0 aliphatic heterocycles. The van der Waals surface area contributed by atoms with Crippen LogP contribution < -0.4 is 0 Å². The molecule has 7 heteroatoms. The average Bonchev–Trinajstić information content (AvgIpc) is 3.19. The highest BCUT2D eigenvalue weighted by Crippen LogP contribution is 2.63. The third-order valence-corrected chi connectivity index (χ3v) is 19.3. The van der Waals surface area contributed by atoms with Crippen LogP contribution >= 0.6 is 6.49 Å². The zero-order valence-electron chi connectivity index (χ0n) is 18.4. The molecule has 0 radical (unpaired) electrons. The Kier molecular flexibility index (Phi) is 7.51. The summed E-state index contributed by atoms with van der Waals surface area (Å²) in [4.78, 5) is 0. The van der Waals surface area contributed by atoms with Crippen molar-refractivity contribution in [1.82, 2.24) is 13.3 Å². The molecule has 3 nitrogen and oxygen atoms in total. The molecule has 2 aliphatic rings. The maximum atomic E-state index is 6.86. The van der Waals surface area contributed by atoms with Gasteiger partial charge >= 0.3 is 0 Å². The van der Waals surface area contributed by atoms with Crippen LogP contribution in [0.15, 0.2) is 48.6 Å². The van der Waals surface area contributed by atoms with Crippen molar-refractivity contribution >= 4 is 34.8 Å². The van der Waals surface area contributed by atoms with Gasteiger partial charge in [0.05, 0.1) is 0 Å². The smallest absolute Gasteiger partial charge is 0.134 e. The van der Waals surface area contributed by atoms with Gasteiger partial charge in [-0.3, -0.25) is 13.3 Å². The van der Waals surface area contributed by atoms with Gasteiger partial charge < -0.3 is 0 Å². The molecule has 2 aliphatic carbocycles. The van der Waals surface area contributed by atoms with Crippen LogP contribution in [0.3, 0.4) is 0 Å². The van der Waals surface area contributed by atoms with E-state index < -0.39 is 23.0 Å². The van der Waals surface area contributed by atoms with Crippen LogP contribution in [0.4, 0.5) is 0 Å². The lowest BCUT2D eigenvalue weighted by Gasteiger charge is -2.58. The van der Waals surface area contributed by atoms with E-state index in [0.29, 0.717) is 12.1 Å². The molecule has 0 heterocycles. The molecule has 0 atom stereocenters. The van der Waals surface area contributed by atoms with Gasteiger partial charge in [0.15, 0.2) is 0 Å². The maximum absolute atomic E-state index is 6.86. The molecule has 152 valence electrons. The monoisotopic (exact) mass is 439 g/mol. The van der Waals surface area contributed by atoms with Gasteiger partial charge in [-0.1, -0.05) is 102 Å². The van der Waals surface area contributed by atoms with Gasteiger partial charge in [-0.25, -0.2) is 0 Å². The fraction of sp³-hybridized carbons (Fsp3) is 0.600. The summed E-state index contributed by atoms with van der Waals surface area (Å²) in [6.45, 7) is 19.2. The Hall–Kier alpha value is -0.0762. The molecule has 0 unspecified atom stereocenters. The normalized spacial score (nSPS) is 18.9. The lowest BCUT2D eigenvalue weighted by molar-refractivity contribution is 0.418. The Bertz CT molecular complexity index is 610. The van der Waals surface area contributed by atoms with E-state index in [1.807, 2.05) is 0 Å². The summed E-state index contributed by atoms with van der Waals surface area (Å²) in [7, 11) is -3.42. The van der Waals surface area contributed by atoms with Crippen molar-refractivity contribution in [1.29, 1.82) is 0 Å². The molecule has 0 saturated heterocycles. The second-order valence-corrected chi connectivity index (χ2v) is 23.5. The quantitative estimate of drug-likeness (QED) is 0.331. The number of hydrogen-bond acceptors (Lipinski definition) is 1. The fourth-order valence-electron chi connectivity index (χ4n) is 4.16. The lowest BCUT2D eigenvalue weighted by Crippen LogP contribution is -2.60. The van der Waals surface area contributed by atoms with Crippen molar-refractivity contribution in [3.63, 3.8) is 0 Å². The molecule has 0 bridgehead atoms. The first-order valence-corrected chi connectivity index (χ1v) is 19.7. The van der Waals surface area contributed by atoms with Gasteiger partial charge in [0.1, 0.15) is 23.0 Å². The first kappa shape index (κ1) is 23.2. The lowest BCUT2D eigenvalue weighted by atomic mass is 10.4. The summed E-state index contributed by atoms with van der Waals surface area (Å²) in [5.74, 6) is 0. The van der Waals surface area contributed by atoms with Crippen molar-refractivity contribution < 1.29 is 0 Å². The van der Waals surface area contributed by atoms with Gasteiger partial charge in [0, 0.05) is 25.2 Å². The minimum Gasteiger partial charge on any atom is -0.264 e. The van der Waals surface area contributed by atoms with Crippen molar-refractivity contribution in [3.05, 3.63) is 48.6 Å². The van der Waals surface area contributed by atoms with Crippen molar-refractivity contribution in [2.24, 2.45) is 0 Å². The molecule has 2 rings (SSSR count). The van der Waals surface area contributed by atoms with Crippen LogP contribution in [0, 0.1) is 0 Å². The fourth-order valence-corrected chi connectivity index (χ4v) is 22.4. The summed E-state index contributed by atoms with van der Waals surface area (Å²) in [6, 6.07) is 0.632. The Morgan fingerprint density at radius 3 is 1.22 bits per heavy atom. The summed E-state index contributed by atoms with van der Waals surface area (Å²) in [5, 5.41) is 0. The van der Waals surface area contributed by atoms with E-state index >= 15 is 0 Å². The molecular weight excluding hydrogens is 401 g/mol. The molecule has 0 spiro atoms. The first-order valence-electron chi connectivity index (χ1n) is 10.1. The van der Waals surface area contributed by atoms with E-state index in [-0.39, 0.29) is 0 Å². The van der Waals surface area contributed by atoms with Crippen LogP contribution in [0.25, 0.3) is 0 Å². The minimum atomic E-state index is -2.14. The second-order valence-electron chi connectivity index (χ2n) is 9.20. The highest BCUT2D eigenvalue weighted by Gasteiger charge is 2.50. The molecule has 0 fully saturated rings. The van der Waals surface area contributed by atoms with E-state index in [4.69, 9.17) is 11.8 Å². The first-order chi connectivity index (χ1) is 12.5. The minimum absolute atomic E-state index is 0.316. The summed E-state index contributed by atoms with van der Waals surface area (Å²) in [6.07, 6.45) is 18.1. The molecule has 0 aromatic rings. The Morgan fingerprint density at radius 1 is 0.704 bits per heavy atom. The summed E-state index contributed by atoms with van der Waals surface area (Å²) in [5.41, 5.74) is 0. The molecular formula is C20H38N3PSSi2. The molecule has 0 amide bonds. The Labute approximate surface area is 174 Å². The SMILES string of the molecule is CCN(CC)P(=S)(N(C1C=CC=C1)[Si](C)(C)C)N(C1C=CC=C1)[Si](C)(C)C. The molecule has 0 aromatic carbocycles. The molecule has 0 saturated carbocycles. The van der Waals surface area contributed by atoms with Crippen molar-refractivity contribution in [3.8, 4) is 0 Å². The Morgan fingerprint density at radius 2 is 1.00 bits per heavy atom. The third-order valence-electron chi connectivity index (χ3n) is 5.05. The van der Waals surface area contributed by atoms with Crippen LogP contribution in [0.5, 0.6) is 0 Å². The van der Waals surface area contributed by atoms with Gasteiger partial charge in [-0.2, -0.15) is 0 Å². The van der Waals surface area contributed by atoms with Gasteiger partial charge in [-0.15, -0.1) is 0 Å². The van der Waals surface area contributed by atoms with Gasteiger partial charge in [0.25, 0.3) is 0 Å². The van der Waals surface area contributed by atoms with Crippen LogP contribution in [-0.4, -0.2) is 55.0 Å². The van der Waals surface area contributed by atoms with Crippen molar-refractivity contribution in [2.75, 3.05) is 13.1 Å². The van der Waals surface area contributed by atoms with Crippen LogP contribution in [-0.2, 0) is 11.8 Å². The maximum Gasteiger partial charge on any atom is 0.134 e. The number of allylic oxidation sites excluding steroid dienone is 4. The molecule has 0 aromatic heterocycles. The number of rotatable bonds is 9. The topological polar surface area (TPSA) is 9.72 Å². The van der Waals surface area contributed by atoms with Crippen LogP contribution in [0.2, 0.25) is 39.3 Å². The van der Waals surface area contributed by atoms with E-state index in [0.717, 1.165) is 13.1 Å². The summed E-state index contributed by atoms with van der Waals surface area (Å²) < 4.78 is 8.19. The largest absolute Gasteiger partial charge is 0.264 e. The van der Waals surface area contributed by atoms with Gasteiger partial charge in [-0.05, 0) is 11.8 Å². The molecule has 0 N–H and O–H groups in total. The third kappa shape index (κ3) is 4.74. The predicted molar refractivity (Wildman–Crippen MR) is 132 cm³/mol. The summed E-state index contributed by atoms with van der Waals surface area (Å²) >= 11 is 6.86. The molecule has 27 heavy (non-hydrogen) atoms. The highest BCUT2D eigenvalue weighted by molar-refractivity contribution is 8.12.